The molecule has 0 bridgehead atoms. The van der Waals surface area contributed by atoms with Gasteiger partial charge in [0, 0.05) is 35.5 Å². The lowest BCUT2D eigenvalue weighted by molar-refractivity contribution is -0.112. The molecule has 6 heteroatoms. The van der Waals surface area contributed by atoms with Crippen LogP contribution in [0.25, 0.3) is 0 Å². The second-order valence-corrected chi connectivity index (χ2v) is 8.08. The van der Waals surface area contributed by atoms with Gasteiger partial charge in [-0.2, -0.15) is 0 Å². The number of hydrogen-bond acceptors (Lipinski definition) is 4. The molecule has 1 fully saturated rings. The topological polar surface area (TPSA) is 21.7 Å². The number of hydrogen-bond donors (Lipinski definition) is 0. The Labute approximate surface area is 162 Å². The van der Waals surface area contributed by atoms with Gasteiger partial charge in [-0.15, -0.1) is 0 Å². The summed E-state index contributed by atoms with van der Waals surface area (Å²) < 4.78 is 26.8. The number of likely N-dealkylation sites (tertiary alicyclic amines) is 1. The largest absolute Gasteiger partial charge is 0.460 e. The van der Waals surface area contributed by atoms with Crippen LogP contribution in [0.15, 0.2) is 42.5 Å². The zero-order valence-corrected chi connectivity index (χ0v) is 16.0. The Kier molecular flexibility index (Phi) is 5.43. The van der Waals surface area contributed by atoms with Crippen molar-refractivity contribution >= 4 is 28.3 Å². The Hall–Kier alpha value is -1.63. The zero-order valence-electron chi connectivity index (χ0n) is 14.3. The number of fused-ring (bicyclic) bond motifs is 1. The summed E-state index contributed by atoms with van der Waals surface area (Å²) in [6.45, 7) is 2.38. The third kappa shape index (κ3) is 3.87. The highest BCUT2D eigenvalue weighted by Crippen LogP contribution is 2.38. The minimum absolute atomic E-state index is 0.267. The van der Waals surface area contributed by atoms with Gasteiger partial charge >= 0.3 is 0 Å². The molecule has 2 heterocycles. The van der Waals surface area contributed by atoms with E-state index in [1.165, 1.54) is 18.9 Å². The predicted molar refractivity (Wildman–Crippen MR) is 106 cm³/mol. The number of ether oxygens (including phenoxy) is 2. The van der Waals surface area contributed by atoms with Gasteiger partial charge in [-0.1, -0.05) is 54.3 Å². The maximum Gasteiger partial charge on any atom is 0.227 e. The SMILES string of the molecule is Fc1cc2c(c(CSC(=S)N3CCCC3)c1)O[C@H](c1ccccc1)OC2. The van der Waals surface area contributed by atoms with Crippen LogP contribution in [0.5, 0.6) is 5.75 Å². The van der Waals surface area contributed by atoms with Gasteiger partial charge in [0.05, 0.1) is 6.61 Å². The fraction of sp³-hybridized carbons (Fsp3) is 0.350. The summed E-state index contributed by atoms with van der Waals surface area (Å²) in [7, 11) is 0. The van der Waals surface area contributed by atoms with Crippen LogP contribution in [0.4, 0.5) is 4.39 Å². The van der Waals surface area contributed by atoms with Crippen LogP contribution >= 0.6 is 24.0 Å². The molecule has 3 nitrogen and oxygen atoms in total. The van der Waals surface area contributed by atoms with Crippen LogP contribution in [-0.4, -0.2) is 22.3 Å². The average Bonchev–Trinajstić information content (AvgIpc) is 3.21. The Morgan fingerprint density at radius 2 is 1.96 bits per heavy atom. The van der Waals surface area contributed by atoms with Gasteiger partial charge in [-0.25, -0.2) is 4.39 Å². The lowest BCUT2D eigenvalue weighted by Crippen LogP contribution is -2.23. The molecule has 136 valence electrons. The molecule has 0 saturated carbocycles. The highest BCUT2D eigenvalue weighted by atomic mass is 32.2. The number of rotatable bonds is 3. The van der Waals surface area contributed by atoms with Crippen molar-refractivity contribution in [2.75, 3.05) is 13.1 Å². The first-order chi connectivity index (χ1) is 12.7. The van der Waals surface area contributed by atoms with Crippen molar-refractivity contribution in [1.29, 1.82) is 0 Å². The predicted octanol–water partition coefficient (Wildman–Crippen LogP) is 5.05. The minimum Gasteiger partial charge on any atom is -0.460 e. The minimum atomic E-state index is -0.469. The number of halogens is 1. The van der Waals surface area contributed by atoms with Gasteiger partial charge in [0.25, 0.3) is 0 Å². The molecule has 0 unspecified atom stereocenters. The van der Waals surface area contributed by atoms with Crippen LogP contribution in [0.2, 0.25) is 0 Å². The van der Waals surface area contributed by atoms with Crippen molar-refractivity contribution in [3.05, 3.63) is 65.0 Å². The van der Waals surface area contributed by atoms with Crippen molar-refractivity contribution in [2.45, 2.75) is 31.5 Å². The van der Waals surface area contributed by atoms with Crippen LogP contribution in [0, 0.1) is 5.82 Å². The summed E-state index contributed by atoms with van der Waals surface area (Å²) in [4.78, 5) is 2.22. The fourth-order valence-electron chi connectivity index (χ4n) is 3.29. The number of thiocarbonyl (C=S) groups is 1. The number of nitrogens with zero attached hydrogens (tertiary/aromatic N) is 1. The highest BCUT2D eigenvalue weighted by Gasteiger charge is 2.25. The summed E-state index contributed by atoms with van der Waals surface area (Å²) in [6.07, 6.45) is 1.91. The molecule has 2 aromatic carbocycles. The van der Waals surface area contributed by atoms with Gasteiger partial charge in [0.1, 0.15) is 15.9 Å². The van der Waals surface area contributed by atoms with E-state index in [9.17, 15) is 4.39 Å². The molecule has 0 radical (unpaired) electrons. The molecule has 0 spiro atoms. The van der Waals surface area contributed by atoms with E-state index in [-0.39, 0.29) is 5.82 Å². The quantitative estimate of drug-likeness (QED) is 0.683. The maximum absolute atomic E-state index is 14.0. The molecular formula is C20H20FNO2S2. The summed E-state index contributed by atoms with van der Waals surface area (Å²) in [5.41, 5.74) is 2.53. The molecule has 1 atom stereocenters. The molecule has 4 rings (SSSR count). The normalized spacial score (nSPS) is 19.1. The lowest BCUT2D eigenvalue weighted by Gasteiger charge is -2.28. The molecule has 2 aliphatic heterocycles. The Balaban J connectivity index is 1.52. The molecule has 0 amide bonds. The molecule has 0 N–H and O–H groups in total. The first-order valence-electron chi connectivity index (χ1n) is 8.77. The molecule has 1 saturated heterocycles. The van der Waals surface area contributed by atoms with E-state index < -0.39 is 6.29 Å². The molecule has 0 aliphatic carbocycles. The Bertz CT molecular complexity index is 794. The number of benzene rings is 2. The molecule has 2 aromatic rings. The van der Waals surface area contributed by atoms with Crippen molar-refractivity contribution in [3.63, 3.8) is 0 Å². The molecule has 2 aliphatic rings. The molecule has 0 aromatic heterocycles. The summed E-state index contributed by atoms with van der Waals surface area (Å²) in [5, 5.41) is 0. The fourth-order valence-corrected chi connectivity index (χ4v) is 4.51. The smallest absolute Gasteiger partial charge is 0.227 e. The van der Waals surface area contributed by atoms with Gasteiger partial charge in [0.2, 0.25) is 6.29 Å². The summed E-state index contributed by atoms with van der Waals surface area (Å²) in [5.74, 6) is 1.05. The monoisotopic (exact) mass is 389 g/mol. The second-order valence-electron chi connectivity index (χ2n) is 6.47. The zero-order chi connectivity index (χ0) is 17.9. The van der Waals surface area contributed by atoms with Gasteiger partial charge in [0.15, 0.2) is 0 Å². The molecular weight excluding hydrogens is 369 g/mol. The van der Waals surface area contributed by atoms with Crippen LogP contribution in [0.1, 0.15) is 35.8 Å². The van der Waals surface area contributed by atoms with Gasteiger partial charge in [-0.3, -0.25) is 0 Å². The van der Waals surface area contributed by atoms with E-state index in [2.05, 4.69) is 4.90 Å². The van der Waals surface area contributed by atoms with E-state index in [1.807, 2.05) is 30.3 Å². The molecule has 26 heavy (non-hydrogen) atoms. The van der Waals surface area contributed by atoms with Crippen molar-refractivity contribution < 1.29 is 13.9 Å². The second kappa shape index (κ2) is 7.94. The van der Waals surface area contributed by atoms with E-state index >= 15 is 0 Å². The van der Waals surface area contributed by atoms with Crippen molar-refractivity contribution in [2.24, 2.45) is 0 Å². The van der Waals surface area contributed by atoms with Crippen molar-refractivity contribution in [3.8, 4) is 5.75 Å². The van der Waals surface area contributed by atoms with E-state index in [4.69, 9.17) is 21.7 Å². The van der Waals surface area contributed by atoms with Gasteiger partial charge < -0.3 is 14.4 Å². The average molecular weight is 390 g/mol. The first-order valence-corrected chi connectivity index (χ1v) is 10.2. The van der Waals surface area contributed by atoms with Crippen LogP contribution in [0.3, 0.4) is 0 Å². The maximum atomic E-state index is 14.0. The highest BCUT2D eigenvalue weighted by molar-refractivity contribution is 8.22. The standard InChI is InChI=1S/C20H20FNO2S2/c21-17-10-15-12-23-19(14-6-2-1-3-7-14)24-18(15)16(11-17)13-26-20(25)22-8-4-5-9-22/h1-3,6-7,10-11,19H,4-5,8-9,12-13H2/t19-/m1/s1. The van der Waals surface area contributed by atoms with Crippen molar-refractivity contribution in [1.82, 2.24) is 4.90 Å². The third-order valence-corrected chi connectivity index (χ3v) is 6.18. The van der Waals surface area contributed by atoms with Crippen LogP contribution < -0.4 is 4.74 Å². The van der Waals surface area contributed by atoms with E-state index in [0.29, 0.717) is 12.4 Å². The van der Waals surface area contributed by atoms with E-state index in [0.717, 1.165) is 39.8 Å². The first kappa shape index (κ1) is 17.8. The Morgan fingerprint density at radius 3 is 2.73 bits per heavy atom. The Morgan fingerprint density at radius 1 is 1.19 bits per heavy atom. The third-order valence-electron chi connectivity index (χ3n) is 4.61. The van der Waals surface area contributed by atoms with Crippen LogP contribution in [-0.2, 0) is 17.1 Å². The van der Waals surface area contributed by atoms with E-state index in [1.54, 1.807) is 17.8 Å². The summed E-state index contributed by atoms with van der Waals surface area (Å²) >= 11 is 7.11. The van der Waals surface area contributed by atoms with Gasteiger partial charge in [-0.05, 0) is 25.0 Å². The number of thioether (sulfide) groups is 1. The summed E-state index contributed by atoms with van der Waals surface area (Å²) in [6, 6.07) is 12.8. The lowest BCUT2D eigenvalue weighted by atomic mass is 10.1.